The smallest absolute Gasteiger partial charge is 0.302 e. The zero-order chi connectivity index (χ0) is 25.7. The molecular formula is C31H48Br2O2. The molecule has 0 spiro atoms. The molecular weight excluding hydrogens is 564 g/mol. The molecule has 0 bridgehead atoms. The standard InChI is InChI=1S/C31H48Br2O2/c1-8-23(18(2)3)29(33)28(32)19(4)25-11-12-26-24-10-9-21-17-22(35-20(5)34)13-15-30(21,6)27(24)14-16-31(25,26)7/h9,18-19,22-27H,8,10-17H2,1-7H3/t19-,22-,23-,24-,25+,26-,27-,30-,31+/m0/s1. The molecule has 0 aliphatic heterocycles. The van der Waals surface area contributed by atoms with E-state index in [4.69, 9.17) is 4.74 Å². The van der Waals surface area contributed by atoms with Gasteiger partial charge in [-0.15, -0.1) is 0 Å². The van der Waals surface area contributed by atoms with Gasteiger partial charge < -0.3 is 4.74 Å². The number of hydrogen-bond donors (Lipinski definition) is 0. The molecule has 0 saturated heterocycles. The second kappa shape index (κ2) is 10.6. The maximum Gasteiger partial charge on any atom is 0.302 e. The summed E-state index contributed by atoms with van der Waals surface area (Å²) in [5.41, 5.74) is 2.33. The summed E-state index contributed by atoms with van der Waals surface area (Å²) in [4.78, 5) is 11.6. The molecule has 198 valence electrons. The van der Waals surface area contributed by atoms with Gasteiger partial charge in [0.15, 0.2) is 0 Å². The van der Waals surface area contributed by atoms with Crippen LogP contribution >= 0.6 is 31.9 Å². The predicted molar refractivity (Wildman–Crippen MR) is 153 cm³/mol. The summed E-state index contributed by atoms with van der Waals surface area (Å²) in [7, 11) is 0. The molecule has 3 saturated carbocycles. The number of allylic oxidation sites excluding steroid dienone is 3. The monoisotopic (exact) mass is 610 g/mol. The molecule has 2 nitrogen and oxygen atoms in total. The minimum atomic E-state index is -0.127. The van der Waals surface area contributed by atoms with E-state index < -0.39 is 0 Å². The second-order valence-corrected chi connectivity index (χ2v) is 14.9. The topological polar surface area (TPSA) is 26.3 Å². The first-order chi connectivity index (χ1) is 16.4. The highest BCUT2D eigenvalue weighted by atomic mass is 79.9. The number of halogens is 2. The van der Waals surface area contributed by atoms with Gasteiger partial charge in [0.05, 0.1) is 0 Å². The molecule has 9 atom stereocenters. The largest absolute Gasteiger partial charge is 0.462 e. The molecule has 4 aliphatic carbocycles. The summed E-state index contributed by atoms with van der Waals surface area (Å²) < 4.78 is 8.47. The summed E-state index contributed by atoms with van der Waals surface area (Å²) in [5.74, 6) is 4.87. The Morgan fingerprint density at radius 3 is 2.40 bits per heavy atom. The van der Waals surface area contributed by atoms with Crippen molar-refractivity contribution in [1.82, 2.24) is 0 Å². The third kappa shape index (κ3) is 4.90. The average Bonchev–Trinajstić information content (AvgIpc) is 3.15. The van der Waals surface area contributed by atoms with Crippen molar-refractivity contribution in [2.24, 2.45) is 52.3 Å². The minimum absolute atomic E-state index is 0.0920. The van der Waals surface area contributed by atoms with Crippen LogP contribution in [0.1, 0.15) is 106 Å². The molecule has 3 fully saturated rings. The summed E-state index contributed by atoms with van der Waals surface area (Å²) in [6.45, 7) is 16.2. The van der Waals surface area contributed by atoms with Gasteiger partial charge in [-0.2, -0.15) is 0 Å². The van der Waals surface area contributed by atoms with E-state index in [2.05, 4.69) is 79.5 Å². The second-order valence-electron chi connectivity index (χ2n) is 13.2. The Morgan fingerprint density at radius 2 is 1.77 bits per heavy atom. The van der Waals surface area contributed by atoms with E-state index in [9.17, 15) is 4.79 Å². The molecule has 0 N–H and O–H groups in total. The summed E-state index contributed by atoms with van der Waals surface area (Å²) in [6, 6.07) is 0. The van der Waals surface area contributed by atoms with E-state index in [0.29, 0.717) is 28.6 Å². The van der Waals surface area contributed by atoms with Crippen molar-refractivity contribution in [2.75, 3.05) is 0 Å². The number of carbonyl (C=O) groups is 1. The fraction of sp³-hybridized carbons (Fsp3) is 0.839. The van der Waals surface area contributed by atoms with Crippen LogP contribution in [0.3, 0.4) is 0 Å². The van der Waals surface area contributed by atoms with Crippen molar-refractivity contribution in [3.63, 3.8) is 0 Å². The molecule has 4 rings (SSSR count). The summed E-state index contributed by atoms with van der Waals surface area (Å²) in [5, 5.41) is 0. The molecule has 0 unspecified atom stereocenters. The van der Waals surface area contributed by atoms with Crippen LogP contribution in [-0.4, -0.2) is 12.1 Å². The highest BCUT2D eigenvalue weighted by Crippen LogP contribution is 2.68. The lowest BCUT2D eigenvalue weighted by molar-refractivity contribution is -0.148. The highest BCUT2D eigenvalue weighted by molar-refractivity contribution is 9.14. The van der Waals surface area contributed by atoms with Crippen LogP contribution in [0.25, 0.3) is 0 Å². The lowest BCUT2D eigenvalue weighted by atomic mass is 9.47. The Balaban J connectivity index is 1.55. The van der Waals surface area contributed by atoms with Gasteiger partial charge in [0.25, 0.3) is 0 Å². The van der Waals surface area contributed by atoms with Crippen LogP contribution < -0.4 is 0 Å². The first-order valence-corrected chi connectivity index (χ1v) is 15.9. The van der Waals surface area contributed by atoms with E-state index >= 15 is 0 Å². The SMILES string of the molecule is CC[C@H](C(Br)=C(Br)[C@@H](C)[C@H]1CC[C@H]2[C@@H]3CC=C4C[C@@H](OC(C)=O)CC[C@]4(C)[C@H]3CC[C@]12C)C(C)C. The van der Waals surface area contributed by atoms with Crippen molar-refractivity contribution in [2.45, 2.75) is 112 Å². The third-order valence-corrected chi connectivity index (χ3v) is 14.0. The van der Waals surface area contributed by atoms with Crippen LogP contribution in [0.4, 0.5) is 0 Å². The number of esters is 1. The number of rotatable bonds is 6. The molecule has 4 heteroatoms. The van der Waals surface area contributed by atoms with Crippen LogP contribution in [0.2, 0.25) is 0 Å². The third-order valence-electron chi connectivity index (χ3n) is 11.3. The summed E-state index contributed by atoms with van der Waals surface area (Å²) in [6.07, 6.45) is 13.7. The zero-order valence-corrected chi connectivity index (χ0v) is 26.3. The average molecular weight is 613 g/mol. The Labute approximate surface area is 231 Å². The fourth-order valence-corrected chi connectivity index (χ4v) is 11.2. The van der Waals surface area contributed by atoms with Gasteiger partial charge in [0, 0.05) is 22.3 Å². The molecule has 4 aliphatic rings. The van der Waals surface area contributed by atoms with Crippen LogP contribution in [-0.2, 0) is 9.53 Å². The maximum atomic E-state index is 11.6. The van der Waals surface area contributed by atoms with Crippen molar-refractivity contribution >= 4 is 37.8 Å². The zero-order valence-electron chi connectivity index (χ0n) is 23.1. The van der Waals surface area contributed by atoms with Gasteiger partial charge in [0.1, 0.15) is 6.10 Å². The normalized spacial score (nSPS) is 41.2. The first kappa shape index (κ1) is 27.9. The Bertz CT molecular complexity index is 875. The lowest BCUT2D eigenvalue weighted by Gasteiger charge is -2.58. The molecule has 0 radical (unpaired) electrons. The van der Waals surface area contributed by atoms with E-state index in [1.165, 1.54) is 53.9 Å². The fourth-order valence-electron chi connectivity index (χ4n) is 9.34. The van der Waals surface area contributed by atoms with Gasteiger partial charge in [-0.3, -0.25) is 4.79 Å². The Morgan fingerprint density at radius 1 is 1.06 bits per heavy atom. The van der Waals surface area contributed by atoms with Gasteiger partial charge in [-0.25, -0.2) is 0 Å². The Kier molecular flexibility index (Phi) is 8.45. The van der Waals surface area contributed by atoms with Crippen molar-refractivity contribution in [3.8, 4) is 0 Å². The van der Waals surface area contributed by atoms with Gasteiger partial charge in [0.2, 0.25) is 0 Å². The number of fused-ring (bicyclic) bond motifs is 5. The molecule has 0 aromatic heterocycles. The molecule has 0 aromatic carbocycles. The quantitative estimate of drug-likeness (QED) is 0.221. The van der Waals surface area contributed by atoms with E-state index in [1.54, 1.807) is 12.5 Å². The molecule has 0 aromatic rings. The summed E-state index contributed by atoms with van der Waals surface area (Å²) >= 11 is 8.14. The van der Waals surface area contributed by atoms with Gasteiger partial charge in [-0.1, -0.05) is 85.1 Å². The minimum Gasteiger partial charge on any atom is -0.462 e. The van der Waals surface area contributed by atoms with E-state index in [0.717, 1.165) is 36.5 Å². The van der Waals surface area contributed by atoms with Crippen LogP contribution in [0.15, 0.2) is 20.6 Å². The maximum absolute atomic E-state index is 11.6. The van der Waals surface area contributed by atoms with E-state index in [1.807, 2.05) is 0 Å². The van der Waals surface area contributed by atoms with Gasteiger partial charge >= 0.3 is 5.97 Å². The first-order valence-electron chi connectivity index (χ1n) is 14.4. The molecule has 35 heavy (non-hydrogen) atoms. The molecule has 0 amide bonds. The Hall–Kier alpha value is -0.0900. The van der Waals surface area contributed by atoms with Crippen molar-refractivity contribution in [1.29, 1.82) is 0 Å². The van der Waals surface area contributed by atoms with Crippen molar-refractivity contribution in [3.05, 3.63) is 20.6 Å². The van der Waals surface area contributed by atoms with Crippen molar-refractivity contribution < 1.29 is 9.53 Å². The number of carbonyl (C=O) groups excluding carboxylic acids is 1. The van der Waals surface area contributed by atoms with E-state index in [-0.39, 0.29) is 12.1 Å². The molecule has 0 heterocycles. The van der Waals surface area contributed by atoms with Crippen LogP contribution in [0, 0.1) is 52.3 Å². The highest BCUT2D eigenvalue weighted by Gasteiger charge is 2.59. The van der Waals surface area contributed by atoms with Crippen LogP contribution in [0.5, 0.6) is 0 Å². The van der Waals surface area contributed by atoms with Gasteiger partial charge in [-0.05, 0) is 104 Å². The predicted octanol–water partition coefficient (Wildman–Crippen LogP) is 9.82. The number of hydrogen-bond acceptors (Lipinski definition) is 2. The number of ether oxygens (including phenoxy) is 1. The lowest BCUT2D eigenvalue weighted by Crippen LogP contribution is -2.51.